The third kappa shape index (κ3) is 2.39. The molecule has 158 valence electrons. The first-order valence-electron chi connectivity index (χ1n) is 11.5. The number of carbonyl (C=O) groups is 2. The highest BCUT2D eigenvalue weighted by molar-refractivity contribution is 5.88. The number of hydrogen-bond acceptors (Lipinski definition) is 5. The number of esters is 1. The molecular weight excluding hydrogens is 364 g/mol. The summed E-state index contributed by atoms with van der Waals surface area (Å²) in [6, 6.07) is 0. The molecule has 29 heavy (non-hydrogen) atoms. The smallest absolute Gasteiger partial charge is 0.302 e. The Hall–Kier alpha value is -1.52. The van der Waals surface area contributed by atoms with Crippen LogP contribution in [0, 0.1) is 34.5 Å². The van der Waals surface area contributed by atoms with E-state index in [0.717, 1.165) is 45.1 Å². The summed E-state index contributed by atoms with van der Waals surface area (Å²) in [4.78, 5) is 24.3. The molecule has 4 aliphatic carbocycles. The summed E-state index contributed by atoms with van der Waals surface area (Å²) < 4.78 is 5.56. The molecule has 0 N–H and O–H groups in total. The maximum atomic E-state index is 12.9. The molecule has 0 radical (unpaired) electrons. The number of azo groups is 1. The second kappa shape index (κ2) is 6.24. The van der Waals surface area contributed by atoms with Crippen LogP contribution in [-0.4, -0.2) is 29.9 Å². The Kier molecular flexibility index (Phi) is 4.19. The molecule has 3 fully saturated rings. The highest BCUT2D eigenvalue weighted by Gasteiger charge is 2.71. The molecule has 0 amide bonds. The Morgan fingerprint density at radius 3 is 2.66 bits per heavy atom. The van der Waals surface area contributed by atoms with Gasteiger partial charge in [0.25, 0.3) is 0 Å². The van der Waals surface area contributed by atoms with E-state index < -0.39 is 5.54 Å². The summed E-state index contributed by atoms with van der Waals surface area (Å²) in [5.74, 6) is 2.21. The molecule has 1 aliphatic heterocycles. The van der Waals surface area contributed by atoms with Gasteiger partial charge in [-0.15, -0.1) is 0 Å². The van der Waals surface area contributed by atoms with E-state index >= 15 is 0 Å². The minimum Gasteiger partial charge on any atom is -0.462 e. The standard InChI is InChI=1S/C24H34N2O3/c1-14(27)24-17(13-25-26-24)12-21-19-6-5-16-11-18(29-15(2)28)7-9-22(16,3)20(19)8-10-23(21,24)4/h5,17-21H,6-13H2,1-4H3/t17-,18-,19-,20+,21+,22-,23+,24-/m0/s1. The molecule has 0 aromatic carbocycles. The summed E-state index contributed by atoms with van der Waals surface area (Å²) >= 11 is 0. The molecule has 0 bridgehead atoms. The average Bonchev–Trinajstić information content (AvgIpc) is 3.18. The van der Waals surface area contributed by atoms with Gasteiger partial charge in [0, 0.05) is 24.7 Å². The van der Waals surface area contributed by atoms with E-state index in [1.54, 1.807) is 6.92 Å². The first-order valence-corrected chi connectivity index (χ1v) is 11.5. The van der Waals surface area contributed by atoms with Crippen molar-refractivity contribution in [3.05, 3.63) is 11.6 Å². The minimum absolute atomic E-state index is 0.0458. The van der Waals surface area contributed by atoms with Crippen molar-refractivity contribution in [1.29, 1.82) is 0 Å². The first-order chi connectivity index (χ1) is 13.7. The van der Waals surface area contributed by atoms with Crippen molar-refractivity contribution in [1.82, 2.24) is 0 Å². The van der Waals surface area contributed by atoms with Crippen LogP contribution in [-0.2, 0) is 14.3 Å². The van der Waals surface area contributed by atoms with Gasteiger partial charge < -0.3 is 4.74 Å². The molecule has 1 heterocycles. The molecule has 5 heteroatoms. The zero-order valence-electron chi connectivity index (χ0n) is 18.2. The predicted molar refractivity (Wildman–Crippen MR) is 109 cm³/mol. The second-order valence-electron chi connectivity index (χ2n) is 10.9. The maximum absolute atomic E-state index is 12.9. The Labute approximate surface area is 173 Å². The lowest BCUT2D eigenvalue weighted by atomic mass is 9.46. The third-order valence-corrected chi connectivity index (χ3v) is 9.85. The summed E-state index contributed by atoms with van der Waals surface area (Å²) in [7, 11) is 0. The zero-order chi connectivity index (χ0) is 20.6. The van der Waals surface area contributed by atoms with E-state index in [1.807, 2.05) is 0 Å². The minimum atomic E-state index is -0.569. The number of rotatable bonds is 2. The molecule has 0 spiro atoms. The van der Waals surface area contributed by atoms with Crippen molar-refractivity contribution >= 4 is 11.8 Å². The number of carbonyl (C=O) groups excluding carboxylic acids is 2. The predicted octanol–water partition coefficient (Wildman–Crippen LogP) is 4.90. The summed E-state index contributed by atoms with van der Waals surface area (Å²) in [5, 5.41) is 9.03. The molecule has 5 nitrogen and oxygen atoms in total. The number of ketones is 1. The molecular formula is C24H34N2O3. The van der Waals surface area contributed by atoms with Crippen LogP contribution in [0.3, 0.4) is 0 Å². The van der Waals surface area contributed by atoms with Gasteiger partial charge in [-0.3, -0.25) is 9.59 Å². The Balaban J connectivity index is 1.46. The van der Waals surface area contributed by atoms with Crippen LogP contribution in [0.4, 0.5) is 0 Å². The van der Waals surface area contributed by atoms with Crippen LogP contribution in [0.25, 0.3) is 0 Å². The fourth-order valence-electron chi connectivity index (χ4n) is 8.55. The summed E-state index contributed by atoms with van der Waals surface area (Å²) in [5.41, 5.74) is 1.10. The molecule has 3 saturated carbocycles. The maximum Gasteiger partial charge on any atom is 0.302 e. The fraction of sp³-hybridized carbons (Fsp3) is 0.833. The van der Waals surface area contributed by atoms with Crippen LogP contribution in [0.2, 0.25) is 0 Å². The molecule has 0 aromatic heterocycles. The quantitative estimate of drug-likeness (QED) is 0.491. The van der Waals surface area contributed by atoms with E-state index in [9.17, 15) is 9.59 Å². The molecule has 0 saturated heterocycles. The van der Waals surface area contributed by atoms with Gasteiger partial charge in [-0.1, -0.05) is 25.5 Å². The lowest BCUT2D eigenvalue weighted by Crippen LogP contribution is -2.57. The van der Waals surface area contributed by atoms with E-state index in [4.69, 9.17) is 4.74 Å². The van der Waals surface area contributed by atoms with Crippen molar-refractivity contribution in [2.75, 3.05) is 6.54 Å². The van der Waals surface area contributed by atoms with Crippen LogP contribution in [0.15, 0.2) is 21.9 Å². The molecule has 0 unspecified atom stereocenters. The van der Waals surface area contributed by atoms with E-state index in [1.165, 1.54) is 18.9 Å². The lowest BCUT2D eigenvalue weighted by molar-refractivity contribution is -0.149. The van der Waals surface area contributed by atoms with Crippen LogP contribution >= 0.6 is 0 Å². The average molecular weight is 399 g/mol. The van der Waals surface area contributed by atoms with Crippen molar-refractivity contribution in [2.45, 2.75) is 84.3 Å². The molecule has 5 aliphatic rings. The molecule has 8 atom stereocenters. The van der Waals surface area contributed by atoms with Gasteiger partial charge >= 0.3 is 5.97 Å². The highest BCUT2D eigenvalue weighted by atomic mass is 16.5. The normalized spacial score (nSPS) is 50.1. The van der Waals surface area contributed by atoms with Gasteiger partial charge in [-0.25, -0.2) is 0 Å². The first kappa shape index (κ1) is 19.4. The Morgan fingerprint density at radius 1 is 1.14 bits per heavy atom. The van der Waals surface area contributed by atoms with Crippen molar-refractivity contribution < 1.29 is 14.3 Å². The van der Waals surface area contributed by atoms with E-state index in [2.05, 4.69) is 30.2 Å². The van der Waals surface area contributed by atoms with Gasteiger partial charge in [-0.2, -0.15) is 10.2 Å². The number of Topliss-reactive ketones (excluding diaryl/α,β-unsaturated/α-hetero) is 1. The Morgan fingerprint density at radius 2 is 1.93 bits per heavy atom. The number of nitrogens with zero attached hydrogens (tertiary/aromatic N) is 2. The van der Waals surface area contributed by atoms with Crippen LogP contribution in [0.1, 0.15) is 72.6 Å². The van der Waals surface area contributed by atoms with Crippen molar-refractivity contribution in [2.24, 2.45) is 44.7 Å². The summed E-state index contributed by atoms with van der Waals surface area (Å²) in [6.07, 6.45) is 9.92. The third-order valence-electron chi connectivity index (χ3n) is 9.85. The van der Waals surface area contributed by atoms with Gasteiger partial charge in [0.2, 0.25) is 0 Å². The van der Waals surface area contributed by atoms with Crippen LogP contribution < -0.4 is 0 Å². The monoisotopic (exact) mass is 398 g/mol. The summed E-state index contributed by atoms with van der Waals surface area (Å²) in [6.45, 7) is 8.79. The van der Waals surface area contributed by atoms with Gasteiger partial charge in [0.15, 0.2) is 5.78 Å². The van der Waals surface area contributed by atoms with Gasteiger partial charge in [-0.05, 0) is 68.6 Å². The van der Waals surface area contributed by atoms with Crippen LogP contribution in [0.5, 0.6) is 0 Å². The SMILES string of the molecule is CC(=O)O[C@H]1CC[C@@]2(C)C(=CC[C@H]3[C@H]2CC[C@]2(C)[C@@H]3C[C@H]3CN=N[C@@]32C(C)=O)C1. The number of allylic oxidation sites excluding steroid dienone is 1. The van der Waals surface area contributed by atoms with Gasteiger partial charge in [0.1, 0.15) is 11.6 Å². The van der Waals surface area contributed by atoms with E-state index in [-0.39, 0.29) is 28.7 Å². The topological polar surface area (TPSA) is 68.1 Å². The highest BCUT2D eigenvalue weighted by Crippen LogP contribution is 2.70. The Bertz CT molecular complexity index is 819. The zero-order valence-corrected chi connectivity index (χ0v) is 18.2. The van der Waals surface area contributed by atoms with E-state index in [0.29, 0.717) is 23.7 Å². The number of ether oxygens (including phenoxy) is 1. The fourth-order valence-corrected chi connectivity index (χ4v) is 8.55. The van der Waals surface area contributed by atoms with Crippen molar-refractivity contribution in [3.63, 3.8) is 0 Å². The molecule has 0 aromatic rings. The molecule has 5 rings (SSSR count). The number of fused-ring (bicyclic) bond motifs is 7. The largest absolute Gasteiger partial charge is 0.462 e. The lowest BCUT2D eigenvalue weighted by Gasteiger charge is -2.58. The van der Waals surface area contributed by atoms with Crippen molar-refractivity contribution in [3.8, 4) is 0 Å². The van der Waals surface area contributed by atoms with Gasteiger partial charge in [0.05, 0.1) is 6.54 Å². The second-order valence-corrected chi connectivity index (χ2v) is 10.9. The number of hydrogen-bond donors (Lipinski definition) is 0.